The molecule has 1 aliphatic heterocycles. The molecule has 1 amide bonds. The van der Waals surface area contributed by atoms with Crippen LogP contribution in [0.4, 0.5) is 0 Å². The highest BCUT2D eigenvalue weighted by molar-refractivity contribution is 7.89. The lowest BCUT2D eigenvalue weighted by Gasteiger charge is -2.35. The Hall–Kier alpha value is -0.860. The van der Waals surface area contributed by atoms with E-state index in [4.69, 9.17) is 17.3 Å². The van der Waals surface area contributed by atoms with Crippen molar-refractivity contribution in [3.05, 3.63) is 29.3 Å². The molecular weight excluding hydrogens is 385 g/mol. The molecule has 0 aliphatic carbocycles. The Morgan fingerprint density at radius 3 is 2.16 bits per heavy atom. The summed E-state index contributed by atoms with van der Waals surface area (Å²) in [4.78, 5) is 14.2. The molecule has 0 radical (unpaired) electrons. The van der Waals surface area contributed by atoms with E-state index >= 15 is 0 Å². The number of amides is 1. The molecule has 0 unspecified atom stereocenters. The van der Waals surface area contributed by atoms with Gasteiger partial charge in [-0.1, -0.05) is 25.4 Å². The largest absolute Gasteiger partial charge is 0.339 e. The number of piperazine rings is 1. The summed E-state index contributed by atoms with van der Waals surface area (Å²) in [7, 11) is -3.56. The molecule has 0 aromatic heterocycles. The molecule has 0 spiro atoms. The van der Waals surface area contributed by atoms with E-state index in [1.807, 2.05) is 13.8 Å². The van der Waals surface area contributed by atoms with Crippen molar-refractivity contribution in [3.8, 4) is 0 Å². The average molecular weight is 410 g/mol. The number of nitrogens with zero attached hydrogens (tertiary/aromatic N) is 2. The van der Waals surface area contributed by atoms with Gasteiger partial charge in [0.1, 0.15) is 0 Å². The Morgan fingerprint density at radius 2 is 1.68 bits per heavy atom. The van der Waals surface area contributed by atoms with Crippen molar-refractivity contribution >= 4 is 39.9 Å². The van der Waals surface area contributed by atoms with Crippen LogP contribution >= 0.6 is 24.0 Å². The van der Waals surface area contributed by atoms with Gasteiger partial charge in [-0.05, 0) is 36.6 Å². The molecular formula is C16H25Cl2N3O3S. The molecule has 25 heavy (non-hydrogen) atoms. The molecule has 1 aromatic carbocycles. The second-order valence-corrected chi connectivity index (χ2v) is 8.79. The van der Waals surface area contributed by atoms with E-state index in [2.05, 4.69) is 0 Å². The van der Waals surface area contributed by atoms with Crippen LogP contribution in [0.5, 0.6) is 0 Å². The first-order valence-corrected chi connectivity index (χ1v) is 9.83. The number of hydrogen-bond acceptors (Lipinski definition) is 4. The van der Waals surface area contributed by atoms with Crippen molar-refractivity contribution in [1.82, 2.24) is 9.21 Å². The lowest BCUT2D eigenvalue weighted by atomic mass is 10.0. The van der Waals surface area contributed by atoms with Crippen LogP contribution in [0.3, 0.4) is 0 Å². The summed E-state index contributed by atoms with van der Waals surface area (Å²) in [6.07, 6.45) is 0.627. The quantitative estimate of drug-likeness (QED) is 0.805. The third-order valence-corrected chi connectivity index (χ3v) is 6.21. The Kier molecular flexibility index (Phi) is 8.15. The highest BCUT2D eigenvalue weighted by Crippen LogP contribution is 2.20. The number of carbonyl (C=O) groups is 1. The topological polar surface area (TPSA) is 83.7 Å². The van der Waals surface area contributed by atoms with Crippen LogP contribution in [-0.4, -0.2) is 55.8 Å². The number of carbonyl (C=O) groups excluding carboxylic acids is 1. The summed E-state index contributed by atoms with van der Waals surface area (Å²) >= 11 is 5.80. The van der Waals surface area contributed by atoms with E-state index in [0.29, 0.717) is 30.5 Å². The first-order valence-electron chi connectivity index (χ1n) is 8.02. The van der Waals surface area contributed by atoms with Crippen molar-refractivity contribution in [2.75, 3.05) is 26.2 Å². The van der Waals surface area contributed by atoms with Crippen molar-refractivity contribution in [2.24, 2.45) is 11.7 Å². The van der Waals surface area contributed by atoms with Crippen molar-refractivity contribution in [2.45, 2.75) is 31.2 Å². The zero-order chi connectivity index (χ0) is 17.9. The Balaban J connectivity index is 0.00000312. The first-order chi connectivity index (χ1) is 11.2. The van der Waals surface area contributed by atoms with Gasteiger partial charge in [0.25, 0.3) is 0 Å². The van der Waals surface area contributed by atoms with Crippen LogP contribution in [0.2, 0.25) is 5.02 Å². The van der Waals surface area contributed by atoms with Crippen LogP contribution in [0, 0.1) is 5.92 Å². The predicted molar refractivity (Wildman–Crippen MR) is 101 cm³/mol. The maximum Gasteiger partial charge on any atom is 0.243 e. The van der Waals surface area contributed by atoms with Gasteiger partial charge in [-0.15, -0.1) is 12.4 Å². The molecule has 0 saturated carbocycles. The van der Waals surface area contributed by atoms with Crippen LogP contribution in [0.1, 0.15) is 20.3 Å². The summed E-state index contributed by atoms with van der Waals surface area (Å²) in [6.45, 7) is 5.29. The zero-order valence-corrected chi connectivity index (χ0v) is 16.8. The van der Waals surface area contributed by atoms with Gasteiger partial charge in [0.05, 0.1) is 10.9 Å². The summed E-state index contributed by atoms with van der Waals surface area (Å²) in [5.41, 5.74) is 5.94. The van der Waals surface area contributed by atoms with E-state index in [9.17, 15) is 13.2 Å². The molecule has 6 nitrogen and oxygen atoms in total. The van der Waals surface area contributed by atoms with Crippen LogP contribution in [0.15, 0.2) is 29.2 Å². The summed E-state index contributed by atoms with van der Waals surface area (Å²) in [5.74, 6) is 0.239. The standard InChI is InChI=1S/C16H24ClN3O3S.ClH/c1-12(2)11-15(18)16(21)19-7-9-20(10-8-19)24(22,23)14-5-3-13(17)4-6-14;/h3-6,12,15H,7-11,18H2,1-2H3;1H/t15-;/m0./s1. The number of benzene rings is 1. The summed E-state index contributed by atoms with van der Waals surface area (Å²) < 4.78 is 26.6. The molecule has 1 aromatic rings. The predicted octanol–water partition coefficient (Wildman–Crippen LogP) is 1.97. The number of halogens is 2. The number of nitrogens with two attached hydrogens (primary N) is 1. The highest BCUT2D eigenvalue weighted by atomic mass is 35.5. The lowest BCUT2D eigenvalue weighted by molar-refractivity contribution is -0.134. The minimum absolute atomic E-state index is 0. The Morgan fingerprint density at radius 1 is 1.16 bits per heavy atom. The second kappa shape index (κ2) is 9.19. The van der Waals surface area contributed by atoms with Gasteiger partial charge in [0, 0.05) is 31.2 Å². The SMILES string of the molecule is CC(C)C[C@H](N)C(=O)N1CCN(S(=O)(=O)c2ccc(Cl)cc2)CC1.Cl. The van der Waals surface area contributed by atoms with Gasteiger partial charge in [0.15, 0.2) is 0 Å². The number of hydrogen-bond donors (Lipinski definition) is 1. The maximum absolute atomic E-state index is 12.6. The minimum atomic E-state index is -3.56. The highest BCUT2D eigenvalue weighted by Gasteiger charge is 2.31. The monoisotopic (exact) mass is 409 g/mol. The van der Waals surface area contributed by atoms with Gasteiger partial charge in [0.2, 0.25) is 15.9 Å². The van der Waals surface area contributed by atoms with Gasteiger partial charge in [-0.25, -0.2) is 8.42 Å². The molecule has 1 saturated heterocycles. The Labute approximate surface area is 160 Å². The molecule has 0 bridgehead atoms. The smallest absolute Gasteiger partial charge is 0.243 e. The molecule has 1 atom stereocenters. The van der Waals surface area contributed by atoms with Crippen molar-refractivity contribution in [3.63, 3.8) is 0 Å². The van der Waals surface area contributed by atoms with Gasteiger partial charge < -0.3 is 10.6 Å². The Bertz CT molecular complexity index is 672. The van der Waals surface area contributed by atoms with Gasteiger partial charge >= 0.3 is 0 Å². The molecule has 2 rings (SSSR count). The van der Waals surface area contributed by atoms with Crippen LogP contribution in [-0.2, 0) is 14.8 Å². The van der Waals surface area contributed by atoms with E-state index in [1.54, 1.807) is 17.0 Å². The van der Waals surface area contributed by atoms with E-state index in [0.717, 1.165) is 0 Å². The third-order valence-electron chi connectivity index (χ3n) is 4.04. The van der Waals surface area contributed by atoms with Crippen molar-refractivity contribution < 1.29 is 13.2 Å². The lowest BCUT2D eigenvalue weighted by Crippen LogP contribution is -2.54. The molecule has 1 fully saturated rings. The van der Waals surface area contributed by atoms with E-state index in [-0.39, 0.29) is 36.3 Å². The molecule has 1 aliphatic rings. The summed E-state index contributed by atoms with van der Waals surface area (Å²) in [5, 5.41) is 0.489. The van der Waals surface area contributed by atoms with E-state index < -0.39 is 16.1 Å². The molecule has 2 N–H and O–H groups in total. The van der Waals surface area contributed by atoms with Gasteiger partial charge in [-0.2, -0.15) is 4.31 Å². The molecule has 142 valence electrons. The maximum atomic E-state index is 12.6. The molecule has 9 heteroatoms. The number of sulfonamides is 1. The van der Waals surface area contributed by atoms with Gasteiger partial charge in [-0.3, -0.25) is 4.79 Å². The van der Waals surface area contributed by atoms with Crippen molar-refractivity contribution in [1.29, 1.82) is 0 Å². The minimum Gasteiger partial charge on any atom is -0.339 e. The fourth-order valence-corrected chi connectivity index (χ4v) is 4.30. The summed E-state index contributed by atoms with van der Waals surface area (Å²) in [6, 6.07) is 5.57. The van der Waals surface area contributed by atoms with Crippen LogP contribution < -0.4 is 5.73 Å². The van der Waals surface area contributed by atoms with Crippen LogP contribution in [0.25, 0.3) is 0 Å². The fraction of sp³-hybridized carbons (Fsp3) is 0.562. The second-order valence-electron chi connectivity index (χ2n) is 6.42. The average Bonchev–Trinajstić information content (AvgIpc) is 2.54. The number of rotatable bonds is 5. The zero-order valence-electron chi connectivity index (χ0n) is 14.4. The normalized spacial score (nSPS) is 17.2. The third kappa shape index (κ3) is 5.56. The first kappa shape index (κ1) is 22.2. The molecule has 1 heterocycles. The van der Waals surface area contributed by atoms with E-state index in [1.165, 1.54) is 16.4 Å². The fourth-order valence-electron chi connectivity index (χ4n) is 2.75.